The molecule has 1 fully saturated rings. The van der Waals surface area contributed by atoms with Gasteiger partial charge in [0.2, 0.25) is 0 Å². The van der Waals surface area contributed by atoms with E-state index < -0.39 is 24.3 Å². The molecule has 1 heterocycles. The number of carboxylic acid groups (broad SMARTS) is 1. The third-order valence-corrected chi connectivity index (χ3v) is 1.24. The average Bonchev–Trinajstić information content (AvgIpc) is 2.39. The van der Waals surface area contributed by atoms with Crippen LogP contribution in [0, 0.1) is 0 Å². The molecule has 0 amide bonds. The van der Waals surface area contributed by atoms with Gasteiger partial charge in [0, 0.05) is 0 Å². The van der Waals surface area contributed by atoms with Crippen LogP contribution in [0.1, 0.15) is 6.92 Å². The van der Waals surface area contributed by atoms with E-state index in [1.54, 1.807) is 0 Å². The normalized spacial score (nSPS) is 35.8. The minimum Gasteiger partial charge on any atom is -0.479 e. The van der Waals surface area contributed by atoms with E-state index in [4.69, 9.17) is 10.2 Å². The van der Waals surface area contributed by atoms with Gasteiger partial charge in [-0.05, 0) is 6.92 Å². The van der Waals surface area contributed by atoms with E-state index in [9.17, 15) is 4.79 Å². The first kappa shape index (κ1) is 6.51. The minimum atomic E-state index is -0.999. The zero-order valence-electron chi connectivity index (χ0n) is 4.94. The Labute approximate surface area is 52.1 Å². The van der Waals surface area contributed by atoms with Crippen LogP contribution in [0.2, 0.25) is 0 Å². The van der Waals surface area contributed by atoms with E-state index >= 15 is 0 Å². The Bertz CT molecular complexity index is 131. The molecule has 0 aromatic heterocycles. The fourth-order valence-corrected chi connectivity index (χ4v) is 0.689. The molecule has 0 spiro atoms. The molecular weight excluding hydrogens is 124 g/mol. The molecule has 0 aromatic rings. The molecule has 3 atom stereocenters. The summed E-state index contributed by atoms with van der Waals surface area (Å²) in [6.45, 7) is 1.51. The van der Waals surface area contributed by atoms with Gasteiger partial charge >= 0.3 is 5.97 Å². The van der Waals surface area contributed by atoms with Crippen molar-refractivity contribution in [3.05, 3.63) is 0 Å². The highest BCUT2D eigenvalue weighted by Crippen LogP contribution is 2.24. The lowest BCUT2D eigenvalue weighted by Crippen LogP contribution is -2.16. The van der Waals surface area contributed by atoms with Crippen LogP contribution in [0.5, 0.6) is 0 Å². The zero-order chi connectivity index (χ0) is 7.02. The Hall–Kier alpha value is -0.610. The molecule has 0 aliphatic carbocycles. The predicted octanol–water partition coefficient (Wildman–Crippen LogP) is -0.781. The molecule has 4 heteroatoms. The first-order chi connectivity index (χ1) is 4.13. The van der Waals surface area contributed by atoms with Crippen LogP contribution in [-0.4, -0.2) is 34.5 Å². The van der Waals surface area contributed by atoms with Crippen molar-refractivity contribution in [1.82, 2.24) is 0 Å². The molecule has 1 saturated heterocycles. The molecule has 1 rings (SSSR count). The van der Waals surface area contributed by atoms with Crippen LogP contribution in [0.4, 0.5) is 0 Å². The van der Waals surface area contributed by atoms with E-state index in [0.29, 0.717) is 0 Å². The van der Waals surface area contributed by atoms with Crippen molar-refractivity contribution < 1.29 is 19.7 Å². The highest BCUT2D eigenvalue weighted by atomic mass is 16.6. The molecule has 0 bridgehead atoms. The number of ether oxygens (including phenoxy) is 1. The first-order valence-corrected chi connectivity index (χ1v) is 2.69. The summed E-state index contributed by atoms with van der Waals surface area (Å²) >= 11 is 0. The van der Waals surface area contributed by atoms with E-state index in [-0.39, 0.29) is 0 Å². The smallest absolute Gasteiger partial charge is 0.335 e. The van der Waals surface area contributed by atoms with Gasteiger partial charge in [0.05, 0.1) is 6.10 Å². The number of hydrogen-bond acceptors (Lipinski definition) is 3. The number of carbonyl (C=O) groups is 1. The van der Waals surface area contributed by atoms with Crippen molar-refractivity contribution in [3.8, 4) is 0 Å². The number of aliphatic hydroxyl groups excluding tert-OH is 1. The zero-order valence-corrected chi connectivity index (χ0v) is 4.94. The SMILES string of the molecule is C[C@@H](O)[C@H]1O[C@@H]1C(=O)O. The van der Waals surface area contributed by atoms with Crippen LogP contribution >= 0.6 is 0 Å². The molecule has 0 saturated carbocycles. The molecular formula is C5H8O4. The summed E-state index contributed by atoms with van der Waals surface area (Å²) in [5, 5.41) is 17.0. The average molecular weight is 132 g/mol. The van der Waals surface area contributed by atoms with Gasteiger partial charge in [0.1, 0.15) is 6.10 Å². The third kappa shape index (κ3) is 1.20. The third-order valence-electron chi connectivity index (χ3n) is 1.24. The summed E-state index contributed by atoms with van der Waals surface area (Å²) in [5.41, 5.74) is 0. The number of aliphatic carboxylic acids is 1. The number of carboxylic acids is 1. The van der Waals surface area contributed by atoms with Crippen molar-refractivity contribution in [1.29, 1.82) is 0 Å². The second-order valence-corrected chi connectivity index (χ2v) is 2.10. The Balaban J connectivity index is 2.33. The summed E-state index contributed by atoms with van der Waals surface area (Å²) in [6, 6.07) is 0. The van der Waals surface area contributed by atoms with Crippen molar-refractivity contribution >= 4 is 5.97 Å². The molecule has 0 radical (unpaired) electrons. The van der Waals surface area contributed by atoms with Gasteiger partial charge in [-0.1, -0.05) is 0 Å². The van der Waals surface area contributed by atoms with Gasteiger partial charge in [-0.25, -0.2) is 4.79 Å². The second kappa shape index (κ2) is 1.97. The summed E-state index contributed by atoms with van der Waals surface area (Å²) in [7, 11) is 0. The van der Waals surface area contributed by atoms with Crippen molar-refractivity contribution in [3.63, 3.8) is 0 Å². The Morgan fingerprint density at radius 3 is 2.44 bits per heavy atom. The molecule has 4 nitrogen and oxygen atoms in total. The van der Waals surface area contributed by atoms with Crippen LogP contribution in [0.25, 0.3) is 0 Å². The Morgan fingerprint density at radius 2 is 2.33 bits per heavy atom. The Morgan fingerprint density at radius 1 is 1.78 bits per heavy atom. The topological polar surface area (TPSA) is 70.1 Å². The van der Waals surface area contributed by atoms with Gasteiger partial charge in [0.25, 0.3) is 0 Å². The van der Waals surface area contributed by atoms with E-state index in [0.717, 1.165) is 0 Å². The molecule has 1 aliphatic rings. The van der Waals surface area contributed by atoms with Gasteiger partial charge < -0.3 is 14.9 Å². The van der Waals surface area contributed by atoms with Crippen molar-refractivity contribution in [2.24, 2.45) is 0 Å². The lowest BCUT2D eigenvalue weighted by Gasteiger charge is -1.92. The predicted molar refractivity (Wildman–Crippen MR) is 28.0 cm³/mol. The number of epoxide rings is 1. The maximum Gasteiger partial charge on any atom is 0.335 e. The lowest BCUT2D eigenvalue weighted by atomic mass is 10.2. The highest BCUT2D eigenvalue weighted by molar-refractivity contribution is 5.75. The molecule has 0 unspecified atom stereocenters. The Kier molecular flexibility index (Phi) is 1.42. The van der Waals surface area contributed by atoms with Gasteiger partial charge in [-0.3, -0.25) is 0 Å². The maximum absolute atomic E-state index is 10.0. The van der Waals surface area contributed by atoms with Crippen LogP contribution in [-0.2, 0) is 9.53 Å². The van der Waals surface area contributed by atoms with Crippen LogP contribution in [0.15, 0.2) is 0 Å². The van der Waals surface area contributed by atoms with E-state index in [1.807, 2.05) is 0 Å². The minimum absolute atomic E-state index is 0.484. The largest absolute Gasteiger partial charge is 0.479 e. The fraction of sp³-hybridized carbons (Fsp3) is 0.800. The number of aliphatic hydroxyl groups is 1. The highest BCUT2D eigenvalue weighted by Gasteiger charge is 2.48. The molecule has 1 aliphatic heterocycles. The molecule has 9 heavy (non-hydrogen) atoms. The number of hydrogen-bond donors (Lipinski definition) is 2. The standard InChI is InChI=1S/C5H8O4/c1-2(6)3-4(9-3)5(7)8/h2-4,6H,1H3,(H,7,8)/t2-,3-,4+/m1/s1. The summed E-state index contributed by atoms with van der Waals surface area (Å²) in [5.74, 6) is -0.999. The van der Waals surface area contributed by atoms with Crippen molar-refractivity contribution in [2.75, 3.05) is 0 Å². The van der Waals surface area contributed by atoms with Gasteiger partial charge in [0.15, 0.2) is 6.10 Å². The summed E-state index contributed by atoms with van der Waals surface area (Å²) < 4.78 is 4.59. The molecule has 2 N–H and O–H groups in total. The lowest BCUT2D eigenvalue weighted by molar-refractivity contribution is -0.138. The van der Waals surface area contributed by atoms with Crippen molar-refractivity contribution in [2.45, 2.75) is 25.2 Å². The molecule has 52 valence electrons. The monoisotopic (exact) mass is 132 g/mol. The number of rotatable bonds is 2. The summed E-state index contributed by atoms with van der Waals surface area (Å²) in [6.07, 6.45) is -1.93. The van der Waals surface area contributed by atoms with Crippen LogP contribution in [0.3, 0.4) is 0 Å². The fourth-order valence-electron chi connectivity index (χ4n) is 0.689. The van der Waals surface area contributed by atoms with E-state index in [2.05, 4.69) is 4.74 Å². The maximum atomic E-state index is 10.0. The van der Waals surface area contributed by atoms with Gasteiger partial charge in [-0.2, -0.15) is 0 Å². The van der Waals surface area contributed by atoms with E-state index in [1.165, 1.54) is 6.92 Å². The first-order valence-electron chi connectivity index (χ1n) is 2.69. The molecule has 0 aromatic carbocycles. The van der Waals surface area contributed by atoms with Crippen LogP contribution < -0.4 is 0 Å². The summed E-state index contributed by atoms with van der Waals surface area (Å²) in [4.78, 5) is 10.0. The van der Waals surface area contributed by atoms with Gasteiger partial charge in [-0.15, -0.1) is 0 Å². The second-order valence-electron chi connectivity index (χ2n) is 2.10. The quantitative estimate of drug-likeness (QED) is 0.483.